The third-order valence-corrected chi connectivity index (χ3v) is 7.71. The lowest BCUT2D eigenvalue weighted by Gasteiger charge is -2.32. The number of benzene rings is 3. The van der Waals surface area contributed by atoms with Crippen molar-refractivity contribution in [3.63, 3.8) is 0 Å². The van der Waals surface area contributed by atoms with Gasteiger partial charge in [0.1, 0.15) is 6.54 Å². The van der Waals surface area contributed by atoms with E-state index >= 15 is 0 Å². The average molecular weight is 435 g/mol. The van der Waals surface area contributed by atoms with Crippen molar-refractivity contribution in [2.75, 3.05) is 17.4 Å². The van der Waals surface area contributed by atoms with Gasteiger partial charge in [0, 0.05) is 13.1 Å². The largest absolute Gasteiger partial charge is 0.336 e. The Morgan fingerprint density at radius 3 is 2.32 bits per heavy atom. The minimum absolute atomic E-state index is 0.174. The van der Waals surface area contributed by atoms with Gasteiger partial charge in [-0.3, -0.25) is 9.10 Å². The number of sulfonamides is 1. The van der Waals surface area contributed by atoms with Gasteiger partial charge in [0.25, 0.3) is 10.0 Å². The smallest absolute Gasteiger partial charge is 0.264 e. The molecule has 0 saturated heterocycles. The molecule has 0 bridgehead atoms. The molecule has 0 fully saturated rings. The molecule has 6 heteroatoms. The summed E-state index contributed by atoms with van der Waals surface area (Å²) in [5, 5.41) is 0. The van der Waals surface area contributed by atoms with Crippen LogP contribution in [0.25, 0.3) is 0 Å². The van der Waals surface area contributed by atoms with Gasteiger partial charge in [0.15, 0.2) is 0 Å². The highest BCUT2D eigenvalue weighted by molar-refractivity contribution is 7.92. The average Bonchev–Trinajstić information content (AvgIpc) is 2.79. The van der Waals surface area contributed by atoms with Crippen LogP contribution in [0, 0.1) is 13.8 Å². The van der Waals surface area contributed by atoms with Gasteiger partial charge in [-0.1, -0.05) is 54.6 Å². The monoisotopic (exact) mass is 434 g/mol. The lowest BCUT2D eigenvalue weighted by molar-refractivity contribution is -0.130. The molecule has 4 rings (SSSR count). The molecule has 0 radical (unpaired) electrons. The summed E-state index contributed by atoms with van der Waals surface area (Å²) < 4.78 is 28.4. The van der Waals surface area contributed by atoms with Crippen molar-refractivity contribution in [2.45, 2.75) is 31.7 Å². The topological polar surface area (TPSA) is 57.7 Å². The summed E-state index contributed by atoms with van der Waals surface area (Å²) in [7, 11) is -3.90. The SMILES string of the molecule is Cc1cccc(N(CC(=O)N2CCc3ccccc3C2)S(=O)(=O)c2ccccc2)c1C. The van der Waals surface area contributed by atoms with Crippen LogP contribution in [0.4, 0.5) is 5.69 Å². The van der Waals surface area contributed by atoms with Gasteiger partial charge in [-0.25, -0.2) is 8.42 Å². The Morgan fingerprint density at radius 2 is 1.58 bits per heavy atom. The Morgan fingerprint density at radius 1 is 0.903 bits per heavy atom. The highest BCUT2D eigenvalue weighted by Crippen LogP contribution is 2.29. The molecular weight excluding hydrogens is 408 g/mol. The van der Waals surface area contributed by atoms with Gasteiger partial charge < -0.3 is 4.90 Å². The Labute approximate surface area is 184 Å². The maximum absolute atomic E-state index is 13.6. The lowest BCUT2D eigenvalue weighted by atomic mass is 10.00. The number of carbonyl (C=O) groups is 1. The van der Waals surface area contributed by atoms with Gasteiger partial charge in [-0.2, -0.15) is 0 Å². The van der Waals surface area contributed by atoms with Crippen LogP contribution in [0.2, 0.25) is 0 Å². The first kappa shape index (κ1) is 21.1. The molecule has 0 aromatic heterocycles. The molecule has 160 valence electrons. The zero-order valence-corrected chi connectivity index (χ0v) is 18.6. The van der Waals surface area contributed by atoms with Gasteiger partial charge in [0.05, 0.1) is 10.6 Å². The van der Waals surface area contributed by atoms with Crippen LogP contribution in [0.15, 0.2) is 77.7 Å². The van der Waals surface area contributed by atoms with E-state index in [1.54, 1.807) is 41.3 Å². The summed E-state index contributed by atoms with van der Waals surface area (Å²) in [5.74, 6) is -0.199. The molecule has 0 saturated carbocycles. The van der Waals surface area contributed by atoms with E-state index in [2.05, 4.69) is 6.07 Å². The maximum atomic E-state index is 13.6. The highest BCUT2D eigenvalue weighted by Gasteiger charge is 2.31. The van der Waals surface area contributed by atoms with Crippen LogP contribution in [0.3, 0.4) is 0 Å². The van der Waals surface area contributed by atoms with Crippen molar-refractivity contribution in [1.82, 2.24) is 4.90 Å². The standard InChI is InChI=1S/C25H26N2O3S/c1-19-9-8-14-24(20(19)2)27(31(29,30)23-12-4-3-5-13-23)18-25(28)26-16-15-21-10-6-7-11-22(21)17-26/h3-14H,15-18H2,1-2H3. The Kier molecular flexibility index (Phi) is 5.83. The van der Waals surface area contributed by atoms with Crippen LogP contribution in [0.5, 0.6) is 0 Å². The lowest BCUT2D eigenvalue weighted by Crippen LogP contribution is -2.45. The number of aryl methyl sites for hydroxylation is 1. The fourth-order valence-corrected chi connectivity index (χ4v) is 5.45. The second kappa shape index (κ2) is 8.55. The molecule has 0 spiro atoms. The van der Waals surface area contributed by atoms with E-state index in [1.165, 1.54) is 9.87 Å². The molecule has 31 heavy (non-hydrogen) atoms. The number of anilines is 1. The number of fused-ring (bicyclic) bond motifs is 1. The van der Waals surface area contributed by atoms with Crippen molar-refractivity contribution in [2.24, 2.45) is 0 Å². The van der Waals surface area contributed by atoms with Crippen LogP contribution < -0.4 is 4.31 Å². The van der Waals surface area contributed by atoms with E-state index in [-0.39, 0.29) is 17.3 Å². The van der Waals surface area contributed by atoms with Crippen molar-refractivity contribution in [3.8, 4) is 0 Å². The fourth-order valence-electron chi connectivity index (χ4n) is 3.96. The number of rotatable bonds is 5. The van der Waals surface area contributed by atoms with Crippen LogP contribution in [-0.4, -0.2) is 32.3 Å². The van der Waals surface area contributed by atoms with Gasteiger partial charge in [-0.15, -0.1) is 0 Å². The van der Waals surface area contributed by atoms with Crippen LogP contribution >= 0.6 is 0 Å². The number of hydrogen-bond acceptors (Lipinski definition) is 3. The molecule has 1 heterocycles. The van der Waals surface area contributed by atoms with E-state index in [1.807, 2.05) is 44.2 Å². The normalized spacial score (nSPS) is 13.5. The predicted octanol–water partition coefficient (Wildman–Crippen LogP) is 4.08. The third kappa shape index (κ3) is 4.21. The number of amides is 1. The number of nitrogens with zero attached hydrogens (tertiary/aromatic N) is 2. The van der Waals surface area contributed by atoms with E-state index in [0.717, 1.165) is 23.1 Å². The molecule has 5 nitrogen and oxygen atoms in total. The molecule has 3 aromatic carbocycles. The Balaban J connectivity index is 1.69. The molecule has 0 unspecified atom stereocenters. The van der Waals surface area contributed by atoms with Gasteiger partial charge >= 0.3 is 0 Å². The summed E-state index contributed by atoms with van der Waals surface area (Å²) in [6, 6.07) is 21.9. The number of hydrogen-bond donors (Lipinski definition) is 0. The van der Waals surface area contributed by atoms with Crippen molar-refractivity contribution in [1.29, 1.82) is 0 Å². The predicted molar refractivity (Wildman–Crippen MR) is 122 cm³/mol. The summed E-state index contributed by atoms with van der Waals surface area (Å²) in [5.41, 5.74) is 4.72. The molecule has 1 amide bonds. The summed E-state index contributed by atoms with van der Waals surface area (Å²) in [6.45, 7) is 4.68. The molecule has 1 aliphatic heterocycles. The Bertz CT molecular complexity index is 1210. The highest BCUT2D eigenvalue weighted by atomic mass is 32.2. The Hall–Kier alpha value is -3.12. The summed E-state index contributed by atoms with van der Waals surface area (Å²) >= 11 is 0. The van der Waals surface area contributed by atoms with Crippen molar-refractivity contribution >= 4 is 21.6 Å². The zero-order chi connectivity index (χ0) is 22.0. The van der Waals surface area contributed by atoms with E-state index in [0.29, 0.717) is 18.8 Å². The number of carbonyl (C=O) groups excluding carboxylic acids is 1. The first-order valence-electron chi connectivity index (χ1n) is 10.4. The second-order valence-corrected chi connectivity index (χ2v) is 9.74. The summed E-state index contributed by atoms with van der Waals surface area (Å²) in [6.07, 6.45) is 0.775. The first-order valence-corrected chi connectivity index (χ1v) is 11.8. The molecule has 1 aliphatic rings. The molecule has 0 atom stereocenters. The van der Waals surface area contributed by atoms with E-state index < -0.39 is 10.0 Å². The minimum atomic E-state index is -3.90. The molecular formula is C25H26N2O3S. The summed E-state index contributed by atoms with van der Waals surface area (Å²) in [4.78, 5) is 15.2. The zero-order valence-electron chi connectivity index (χ0n) is 17.8. The maximum Gasteiger partial charge on any atom is 0.264 e. The van der Waals surface area contributed by atoms with Crippen molar-refractivity contribution < 1.29 is 13.2 Å². The molecule has 0 aliphatic carbocycles. The second-order valence-electron chi connectivity index (χ2n) is 7.88. The third-order valence-electron chi connectivity index (χ3n) is 5.94. The van der Waals surface area contributed by atoms with Gasteiger partial charge in [0.2, 0.25) is 5.91 Å². The molecule has 3 aromatic rings. The first-order chi connectivity index (χ1) is 14.9. The van der Waals surface area contributed by atoms with Gasteiger partial charge in [-0.05, 0) is 60.7 Å². The van der Waals surface area contributed by atoms with E-state index in [9.17, 15) is 13.2 Å². The fraction of sp³-hybridized carbons (Fsp3) is 0.240. The van der Waals surface area contributed by atoms with Crippen LogP contribution in [0.1, 0.15) is 22.3 Å². The van der Waals surface area contributed by atoms with Crippen LogP contribution in [-0.2, 0) is 27.8 Å². The van der Waals surface area contributed by atoms with E-state index in [4.69, 9.17) is 0 Å². The molecule has 0 N–H and O–H groups in total. The van der Waals surface area contributed by atoms with Crippen molar-refractivity contribution in [3.05, 3.63) is 95.1 Å². The quantitative estimate of drug-likeness (QED) is 0.608. The minimum Gasteiger partial charge on any atom is -0.336 e.